The molecule has 1 fully saturated rings. The van der Waals surface area contributed by atoms with E-state index in [1.165, 1.54) is 5.56 Å². The van der Waals surface area contributed by atoms with Gasteiger partial charge in [0.1, 0.15) is 18.5 Å². The van der Waals surface area contributed by atoms with Crippen LogP contribution < -0.4 is 14.2 Å². The highest BCUT2D eigenvalue weighted by atomic mass is 16.7. The third kappa shape index (κ3) is 4.76. The van der Waals surface area contributed by atoms with Crippen LogP contribution in [0.25, 0.3) is 0 Å². The Morgan fingerprint density at radius 3 is 2.57 bits per heavy atom. The summed E-state index contributed by atoms with van der Waals surface area (Å²) in [5.41, 5.74) is 2.33. The number of fused-ring (bicyclic) bond motifs is 1. The summed E-state index contributed by atoms with van der Waals surface area (Å²) in [5.74, 6) is 2.51. The van der Waals surface area contributed by atoms with Crippen molar-refractivity contribution in [1.82, 2.24) is 9.80 Å². The summed E-state index contributed by atoms with van der Waals surface area (Å²) < 4.78 is 16.6. The zero-order chi connectivity index (χ0) is 19.3. The van der Waals surface area contributed by atoms with Gasteiger partial charge < -0.3 is 19.3 Å². The van der Waals surface area contributed by atoms with E-state index in [1.807, 2.05) is 37.3 Å². The molecule has 2 aromatic rings. The molecular formula is C22H28N2O4. The molecule has 0 bridgehead atoms. The van der Waals surface area contributed by atoms with Crippen molar-refractivity contribution in [3.05, 3.63) is 53.6 Å². The fourth-order valence-electron chi connectivity index (χ4n) is 3.68. The van der Waals surface area contributed by atoms with Gasteiger partial charge in [-0.25, -0.2) is 0 Å². The molecule has 0 radical (unpaired) electrons. The van der Waals surface area contributed by atoms with Crippen LogP contribution in [0, 0.1) is 6.92 Å². The third-order valence-corrected chi connectivity index (χ3v) is 5.30. The number of nitrogens with zero attached hydrogens (tertiary/aromatic N) is 2. The van der Waals surface area contributed by atoms with Crippen LogP contribution in [0.2, 0.25) is 0 Å². The summed E-state index contributed by atoms with van der Waals surface area (Å²) in [6.07, 6.45) is -0.486. The second-order valence-electron chi connectivity index (χ2n) is 7.49. The average molecular weight is 384 g/mol. The summed E-state index contributed by atoms with van der Waals surface area (Å²) in [6.45, 7) is 8.07. The van der Waals surface area contributed by atoms with Crippen molar-refractivity contribution in [2.75, 3.05) is 46.1 Å². The number of rotatable bonds is 7. The van der Waals surface area contributed by atoms with Gasteiger partial charge in [0, 0.05) is 39.3 Å². The van der Waals surface area contributed by atoms with E-state index in [0.717, 1.165) is 55.5 Å². The van der Waals surface area contributed by atoms with Crippen LogP contribution in [0.5, 0.6) is 17.2 Å². The lowest BCUT2D eigenvalue weighted by molar-refractivity contribution is 0.0445. The van der Waals surface area contributed by atoms with E-state index >= 15 is 0 Å². The Balaban J connectivity index is 1.19. The molecule has 2 aliphatic rings. The molecule has 4 rings (SSSR count). The second-order valence-corrected chi connectivity index (χ2v) is 7.49. The smallest absolute Gasteiger partial charge is 0.231 e. The van der Waals surface area contributed by atoms with E-state index in [9.17, 15) is 5.11 Å². The van der Waals surface area contributed by atoms with Gasteiger partial charge in [-0.05, 0) is 36.2 Å². The summed E-state index contributed by atoms with van der Waals surface area (Å²) in [6, 6.07) is 14.1. The fourth-order valence-corrected chi connectivity index (χ4v) is 3.68. The predicted molar refractivity (Wildman–Crippen MR) is 107 cm³/mol. The highest BCUT2D eigenvalue weighted by Crippen LogP contribution is 2.32. The standard InChI is InChI=1S/C22H28N2O4/c1-17-4-2-3-5-20(17)26-15-19(25)14-24-10-8-23(9-11-24)13-18-6-7-21-22(12-18)28-16-27-21/h2-7,12,19,25H,8-11,13-16H2,1H3. The fraction of sp³-hybridized carbons (Fsp3) is 0.455. The molecule has 28 heavy (non-hydrogen) atoms. The summed E-state index contributed by atoms with van der Waals surface area (Å²) in [5, 5.41) is 10.3. The third-order valence-electron chi connectivity index (χ3n) is 5.30. The maximum atomic E-state index is 10.3. The van der Waals surface area contributed by atoms with Crippen LogP contribution in [-0.4, -0.2) is 67.1 Å². The molecule has 1 N–H and O–H groups in total. The molecule has 1 unspecified atom stereocenters. The Labute approximate surface area is 166 Å². The second kappa shape index (κ2) is 8.82. The minimum absolute atomic E-state index is 0.313. The molecule has 2 heterocycles. The van der Waals surface area contributed by atoms with E-state index in [4.69, 9.17) is 14.2 Å². The predicted octanol–water partition coefficient (Wildman–Crippen LogP) is 2.28. The Bertz CT molecular complexity index is 790. The van der Waals surface area contributed by atoms with E-state index in [0.29, 0.717) is 19.9 Å². The van der Waals surface area contributed by atoms with E-state index in [2.05, 4.69) is 21.9 Å². The van der Waals surface area contributed by atoms with Gasteiger partial charge in [-0.15, -0.1) is 0 Å². The zero-order valence-corrected chi connectivity index (χ0v) is 16.3. The minimum atomic E-state index is -0.486. The van der Waals surface area contributed by atoms with Gasteiger partial charge in [-0.3, -0.25) is 9.80 Å². The molecule has 6 nitrogen and oxygen atoms in total. The van der Waals surface area contributed by atoms with Crippen LogP contribution in [0.3, 0.4) is 0 Å². The number of β-amino-alcohol motifs (C(OH)–C–C–N with tert-alkyl or cyclic N) is 1. The molecule has 2 aliphatic heterocycles. The summed E-state index contributed by atoms with van der Waals surface area (Å²) >= 11 is 0. The number of aliphatic hydroxyl groups is 1. The first-order valence-corrected chi connectivity index (χ1v) is 9.87. The SMILES string of the molecule is Cc1ccccc1OCC(O)CN1CCN(Cc2ccc3c(c2)OCO3)CC1. The number of aliphatic hydroxyl groups excluding tert-OH is 1. The number of benzene rings is 2. The molecule has 1 atom stereocenters. The van der Waals surface area contributed by atoms with Crippen molar-refractivity contribution in [3.63, 3.8) is 0 Å². The maximum Gasteiger partial charge on any atom is 0.231 e. The number of para-hydroxylation sites is 1. The summed E-state index contributed by atoms with van der Waals surface area (Å²) in [4.78, 5) is 4.74. The van der Waals surface area contributed by atoms with Crippen LogP contribution >= 0.6 is 0 Å². The van der Waals surface area contributed by atoms with Crippen LogP contribution in [0.4, 0.5) is 0 Å². The zero-order valence-electron chi connectivity index (χ0n) is 16.3. The van der Waals surface area contributed by atoms with E-state index in [1.54, 1.807) is 0 Å². The van der Waals surface area contributed by atoms with E-state index in [-0.39, 0.29) is 0 Å². The van der Waals surface area contributed by atoms with Crippen LogP contribution in [0.15, 0.2) is 42.5 Å². The van der Waals surface area contributed by atoms with Crippen LogP contribution in [-0.2, 0) is 6.54 Å². The molecule has 0 saturated carbocycles. The normalized spacial score (nSPS) is 18.2. The van der Waals surface area contributed by atoms with Crippen molar-refractivity contribution >= 4 is 0 Å². The monoisotopic (exact) mass is 384 g/mol. The highest BCUT2D eigenvalue weighted by molar-refractivity contribution is 5.44. The van der Waals surface area contributed by atoms with E-state index < -0.39 is 6.10 Å². The number of piperazine rings is 1. The molecule has 0 aromatic heterocycles. The molecule has 2 aromatic carbocycles. The van der Waals surface area contributed by atoms with Gasteiger partial charge in [-0.2, -0.15) is 0 Å². The molecule has 0 spiro atoms. The van der Waals surface area contributed by atoms with Crippen molar-refractivity contribution < 1.29 is 19.3 Å². The topological polar surface area (TPSA) is 54.4 Å². The average Bonchev–Trinajstić information content (AvgIpc) is 3.17. The first-order chi connectivity index (χ1) is 13.7. The Kier molecular flexibility index (Phi) is 6.00. The molecular weight excluding hydrogens is 356 g/mol. The van der Waals surface area contributed by atoms with Crippen molar-refractivity contribution in [1.29, 1.82) is 0 Å². The van der Waals surface area contributed by atoms with Crippen LogP contribution in [0.1, 0.15) is 11.1 Å². The van der Waals surface area contributed by atoms with Gasteiger partial charge in [0.15, 0.2) is 11.5 Å². The molecule has 0 amide bonds. The molecule has 150 valence electrons. The minimum Gasteiger partial charge on any atom is -0.491 e. The quantitative estimate of drug-likeness (QED) is 0.791. The maximum absolute atomic E-state index is 10.3. The van der Waals surface area contributed by atoms with Gasteiger partial charge in [0.05, 0.1) is 0 Å². The molecule has 0 aliphatic carbocycles. The first-order valence-electron chi connectivity index (χ1n) is 9.87. The van der Waals surface area contributed by atoms with Gasteiger partial charge in [0.2, 0.25) is 6.79 Å². The van der Waals surface area contributed by atoms with Crippen molar-refractivity contribution in [2.24, 2.45) is 0 Å². The molecule has 1 saturated heterocycles. The molecule has 6 heteroatoms. The first kappa shape index (κ1) is 19.1. The van der Waals surface area contributed by atoms with Gasteiger partial charge >= 0.3 is 0 Å². The Morgan fingerprint density at radius 1 is 1.00 bits per heavy atom. The largest absolute Gasteiger partial charge is 0.491 e. The number of hydrogen-bond acceptors (Lipinski definition) is 6. The number of ether oxygens (including phenoxy) is 3. The lowest BCUT2D eigenvalue weighted by Gasteiger charge is -2.35. The highest BCUT2D eigenvalue weighted by Gasteiger charge is 2.21. The number of aryl methyl sites for hydroxylation is 1. The summed E-state index contributed by atoms with van der Waals surface area (Å²) in [7, 11) is 0. The van der Waals surface area contributed by atoms with Gasteiger partial charge in [-0.1, -0.05) is 24.3 Å². The number of hydrogen-bond donors (Lipinski definition) is 1. The van der Waals surface area contributed by atoms with Crippen molar-refractivity contribution in [3.8, 4) is 17.2 Å². The van der Waals surface area contributed by atoms with Gasteiger partial charge in [0.25, 0.3) is 0 Å². The lowest BCUT2D eigenvalue weighted by Crippen LogP contribution is -2.48. The lowest BCUT2D eigenvalue weighted by atomic mass is 10.1. The Morgan fingerprint density at radius 2 is 1.75 bits per heavy atom. The Hall–Kier alpha value is -2.28. The van der Waals surface area contributed by atoms with Crippen molar-refractivity contribution in [2.45, 2.75) is 19.6 Å².